The van der Waals surface area contributed by atoms with E-state index >= 15 is 0 Å². The molecule has 0 saturated heterocycles. The maximum Gasteiger partial charge on any atom is 0.178 e. The summed E-state index contributed by atoms with van der Waals surface area (Å²) in [6, 6.07) is 34.3. The van der Waals surface area contributed by atoms with Crippen LogP contribution in [0.1, 0.15) is 74.8 Å². The zero-order chi connectivity index (χ0) is 36.8. The van der Waals surface area contributed by atoms with Crippen molar-refractivity contribution in [3.05, 3.63) is 137 Å². The van der Waals surface area contributed by atoms with Gasteiger partial charge in [-0.15, -0.1) is 0 Å². The second-order valence-electron chi connectivity index (χ2n) is 16.8. The Kier molecular flexibility index (Phi) is 7.44. The SMILES string of the molecule is COc1ccc(C2(c3ccc(OC)cc3)C=Cc3c4c(c5cc(OC)c(-c6ccc[nH]6)cc5c3O2)-c2ccccc2C42CC(C)(C)CC(C)(C)C2)cc1. The molecule has 0 unspecified atom stereocenters. The molecule has 5 aromatic carbocycles. The van der Waals surface area contributed by atoms with Gasteiger partial charge in [-0.05, 0) is 112 Å². The molecule has 5 nitrogen and oxygen atoms in total. The van der Waals surface area contributed by atoms with E-state index in [1.54, 1.807) is 21.3 Å². The normalized spacial score (nSPS) is 18.2. The summed E-state index contributed by atoms with van der Waals surface area (Å²) in [7, 11) is 5.17. The van der Waals surface area contributed by atoms with Crippen LogP contribution in [0.3, 0.4) is 0 Å². The summed E-state index contributed by atoms with van der Waals surface area (Å²) in [5.74, 6) is 3.31. The third-order valence-corrected chi connectivity index (χ3v) is 12.0. The molecule has 5 heteroatoms. The summed E-state index contributed by atoms with van der Waals surface area (Å²) in [6.45, 7) is 9.83. The van der Waals surface area contributed by atoms with Crippen LogP contribution < -0.4 is 18.9 Å². The van der Waals surface area contributed by atoms with E-state index < -0.39 is 5.60 Å². The number of H-pyrrole nitrogens is 1. The van der Waals surface area contributed by atoms with Crippen LogP contribution >= 0.6 is 0 Å². The number of nitrogens with one attached hydrogen (secondary N) is 1. The average Bonchev–Trinajstić information content (AvgIpc) is 3.79. The lowest BCUT2D eigenvalue weighted by Gasteiger charge is -2.52. The van der Waals surface area contributed by atoms with Crippen LogP contribution in [0.25, 0.3) is 39.2 Å². The molecule has 2 heterocycles. The number of aromatic amines is 1. The van der Waals surface area contributed by atoms with E-state index in [1.165, 1.54) is 28.7 Å². The Hall–Kier alpha value is -5.42. The van der Waals surface area contributed by atoms with Crippen molar-refractivity contribution in [3.63, 3.8) is 0 Å². The van der Waals surface area contributed by atoms with Crippen molar-refractivity contribution in [2.45, 2.75) is 58.0 Å². The molecule has 6 aromatic rings. The molecule has 1 aliphatic heterocycles. The van der Waals surface area contributed by atoms with Gasteiger partial charge in [0.1, 0.15) is 23.0 Å². The summed E-state index contributed by atoms with van der Waals surface area (Å²) in [4.78, 5) is 3.44. The van der Waals surface area contributed by atoms with Crippen LogP contribution in [0, 0.1) is 10.8 Å². The maximum absolute atomic E-state index is 7.74. The lowest BCUT2D eigenvalue weighted by atomic mass is 9.52. The highest BCUT2D eigenvalue weighted by atomic mass is 16.5. The number of fused-ring (bicyclic) bond motifs is 10. The summed E-state index contributed by atoms with van der Waals surface area (Å²) in [6.07, 6.45) is 9.88. The summed E-state index contributed by atoms with van der Waals surface area (Å²) in [5.41, 5.74) is 9.72. The van der Waals surface area contributed by atoms with Gasteiger partial charge in [0.15, 0.2) is 5.60 Å². The molecule has 0 bridgehead atoms. The van der Waals surface area contributed by atoms with E-state index in [1.807, 2.05) is 36.5 Å². The van der Waals surface area contributed by atoms with Gasteiger partial charge >= 0.3 is 0 Å². The van der Waals surface area contributed by atoms with Gasteiger partial charge in [-0.1, -0.05) is 82.3 Å². The first kappa shape index (κ1) is 33.4. The van der Waals surface area contributed by atoms with E-state index in [9.17, 15) is 0 Å². The first-order chi connectivity index (χ1) is 25.5. The highest BCUT2D eigenvalue weighted by molar-refractivity contribution is 6.10. The molecular weight excluding hydrogens is 655 g/mol. The van der Waals surface area contributed by atoms with Gasteiger partial charge in [0.25, 0.3) is 0 Å². The number of rotatable bonds is 6. The first-order valence-electron chi connectivity index (χ1n) is 18.6. The van der Waals surface area contributed by atoms with E-state index in [0.717, 1.165) is 74.6 Å². The predicted molar refractivity (Wildman–Crippen MR) is 214 cm³/mol. The van der Waals surface area contributed by atoms with Crippen LogP contribution in [0.4, 0.5) is 0 Å². The molecule has 1 fully saturated rings. The number of methoxy groups -OCH3 is 3. The lowest BCUT2D eigenvalue weighted by Crippen LogP contribution is -2.44. The fraction of sp³-hybridized carbons (Fsp3) is 0.292. The Bertz CT molecular complexity index is 2330. The highest BCUT2D eigenvalue weighted by Gasteiger charge is 2.55. The highest BCUT2D eigenvalue weighted by Crippen LogP contribution is 2.67. The third-order valence-electron chi connectivity index (χ3n) is 12.0. The molecule has 1 saturated carbocycles. The van der Waals surface area contributed by atoms with Crippen LogP contribution in [-0.4, -0.2) is 26.3 Å². The van der Waals surface area contributed by atoms with Gasteiger partial charge in [-0.2, -0.15) is 0 Å². The molecule has 268 valence electrons. The van der Waals surface area contributed by atoms with E-state index in [4.69, 9.17) is 18.9 Å². The molecule has 1 aromatic heterocycles. The topological polar surface area (TPSA) is 52.7 Å². The summed E-state index contributed by atoms with van der Waals surface area (Å²) in [5, 5.41) is 2.20. The molecule has 53 heavy (non-hydrogen) atoms. The standard InChI is InChI=1S/C48H47NO4/c1-45(2)27-46(3,4)29-47(28-45)39-12-9-8-11-34(39)42-36-26-41(52-7)38(40-13-10-24-49-40)25-37(36)44-35(43(42)47)22-23-48(53-44,30-14-18-32(50-5)19-15-30)31-16-20-33(51-6)21-17-31/h8-26,49H,27-29H2,1-7H3. The molecular formula is C48H47NO4. The van der Waals surface area contributed by atoms with Crippen LogP contribution in [-0.2, 0) is 11.0 Å². The largest absolute Gasteiger partial charge is 0.497 e. The van der Waals surface area contributed by atoms with Gasteiger partial charge in [0.05, 0.1) is 21.3 Å². The van der Waals surface area contributed by atoms with Crippen LogP contribution in [0.2, 0.25) is 0 Å². The van der Waals surface area contributed by atoms with Gasteiger partial charge in [0.2, 0.25) is 0 Å². The monoisotopic (exact) mass is 701 g/mol. The second-order valence-corrected chi connectivity index (χ2v) is 16.8. The Labute approximate surface area is 312 Å². The Morgan fingerprint density at radius 3 is 1.87 bits per heavy atom. The fourth-order valence-electron chi connectivity index (χ4n) is 10.7. The van der Waals surface area contributed by atoms with Gasteiger partial charge in [-0.3, -0.25) is 0 Å². The first-order valence-corrected chi connectivity index (χ1v) is 18.6. The number of hydrogen-bond donors (Lipinski definition) is 1. The molecule has 3 aliphatic rings. The minimum absolute atomic E-state index is 0.128. The van der Waals surface area contributed by atoms with Crippen molar-refractivity contribution >= 4 is 16.8 Å². The zero-order valence-corrected chi connectivity index (χ0v) is 31.7. The second kappa shape index (κ2) is 11.8. The van der Waals surface area contributed by atoms with Crippen LogP contribution in [0.15, 0.2) is 109 Å². The lowest BCUT2D eigenvalue weighted by molar-refractivity contribution is 0.0642. The summed E-state index contributed by atoms with van der Waals surface area (Å²) < 4.78 is 25.1. The van der Waals surface area contributed by atoms with Crippen molar-refractivity contribution in [3.8, 4) is 45.4 Å². The van der Waals surface area contributed by atoms with Gasteiger partial charge in [0, 0.05) is 44.9 Å². The maximum atomic E-state index is 7.74. The molecule has 2 aliphatic carbocycles. The van der Waals surface area contributed by atoms with E-state index in [-0.39, 0.29) is 16.2 Å². The van der Waals surface area contributed by atoms with E-state index in [0.29, 0.717) is 0 Å². The molecule has 0 atom stereocenters. The number of aromatic nitrogens is 1. The molecule has 1 spiro atoms. The summed E-state index contributed by atoms with van der Waals surface area (Å²) >= 11 is 0. The Morgan fingerprint density at radius 1 is 0.642 bits per heavy atom. The minimum atomic E-state index is -0.928. The fourth-order valence-corrected chi connectivity index (χ4v) is 10.7. The quantitative estimate of drug-likeness (QED) is 0.188. The van der Waals surface area contributed by atoms with Crippen molar-refractivity contribution < 1.29 is 18.9 Å². The number of ether oxygens (including phenoxy) is 4. The van der Waals surface area contributed by atoms with Crippen molar-refractivity contribution in [1.82, 2.24) is 4.98 Å². The van der Waals surface area contributed by atoms with Crippen molar-refractivity contribution in [1.29, 1.82) is 0 Å². The smallest absolute Gasteiger partial charge is 0.178 e. The zero-order valence-electron chi connectivity index (χ0n) is 31.7. The minimum Gasteiger partial charge on any atom is -0.497 e. The third kappa shape index (κ3) is 5.04. The molecule has 0 amide bonds. The van der Waals surface area contributed by atoms with Crippen LogP contribution in [0.5, 0.6) is 23.0 Å². The van der Waals surface area contributed by atoms with Crippen molar-refractivity contribution in [2.24, 2.45) is 10.8 Å². The Balaban J connectivity index is 1.41. The van der Waals surface area contributed by atoms with Crippen molar-refractivity contribution in [2.75, 3.05) is 21.3 Å². The van der Waals surface area contributed by atoms with Gasteiger partial charge in [-0.25, -0.2) is 0 Å². The predicted octanol–water partition coefficient (Wildman–Crippen LogP) is 11.7. The molecule has 1 N–H and O–H groups in total. The molecule has 9 rings (SSSR count). The van der Waals surface area contributed by atoms with Gasteiger partial charge < -0.3 is 23.9 Å². The Morgan fingerprint density at radius 2 is 1.28 bits per heavy atom. The number of benzene rings is 5. The van der Waals surface area contributed by atoms with E-state index in [2.05, 4.69) is 112 Å². The number of hydrogen-bond acceptors (Lipinski definition) is 4. The average molecular weight is 702 g/mol. The molecule has 0 radical (unpaired) electrons.